The van der Waals surface area contributed by atoms with E-state index in [1.165, 1.54) is 4.90 Å². The van der Waals surface area contributed by atoms with Crippen molar-refractivity contribution in [3.05, 3.63) is 32.9 Å². The third-order valence-electron chi connectivity index (χ3n) is 3.74. The molecule has 1 aromatic carbocycles. The van der Waals surface area contributed by atoms with Crippen LogP contribution in [0.3, 0.4) is 0 Å². The molecule has 2 aliphatic heterocycles. The first-order chi connectivity index (χ1) is 10.0. The molecule has 6 nitrogen and oxygen atoms in total. The van der Waals surface area contributed by atoms with Gasteiger partial charge < -0.3 is 4.90 Å². The van der Waals surface area contributed by atoms with Crippen LogP contribution < -0.4 is 5.32 Å². The van der Waals surface area contributed by atoms with E-state index in [0.29, 0.717) is 11.1 Å². The van der Waals surface area contributed by atoms with Crippen LogP contribution in [0.4, 0.5) is 0 Å². The maximum atomic E-state index is 12.6. The number of amides is 3. The van der Waals surface area contributed by atoms with E-state index < -0.39 is 18.0 Å². The lowest BCUT2D eigenvalue weighted by atomic mass is 10.0. The maximum Gasteiger partial charge on any atom is 0.256 e. The van der Waals surface area contributed by atoms with Gasteiger partial charge in [0.1, 0.15) is 12.1 Å². The number of carbonyl (C=O) groups is 3. The van der Waals surface area contributed by atoms with Gasteiger partial charge in [-0.2, -0.15) is 5.26 Å². The lowest BCUT2D eigenvalue weighted by Gasteiger charge is -2.31. The summed E-state index contributed by atoms with van der Waals surface area (Å²) in [5.74, 6) is -1.18. The van der Waals surface area contributed by atoms with Gasteiger partial charge in [-0.25, -0.2) is 0 Å². The second kappa shape index (κ2) is 5.11. The van der Waals surface area contributed by atoms with Crippen molar-refractivity contribution >= 4 is 40.3 Å². The van der Waals surface area contributed by atoms with E-state index in [0.717, 1.165) is 3.57 Å². The topological polar surface area (TPSA) is 90.3 Å². The molecule has 0 bridgehead atoms. The maximum absolute atomic E-state index is 12.6. The first kappa shape index (κ1) is 14.0. The van der Waals surface area contributed by atoms with Gasteiger partial charge in [-0.1, -0.05) is 6.07 Å². The number of nitrogens with one attached hydrogen (secondary N) is 1. The third-order valence-corrected chi connectivity index (χ3v) is 4.68. The zero-order valence-corrected chi connectivity index (χ0v) is 13.0. The molecule has 0 aliphatic carbocycles. The summed E-state index contributed by atoms with van der Waals surface area (Å²) in [6.07, 6.45) is 0.422. The molecule has 0 saturated carbocycles. The molecule has 0 spiro atoms. The third kappa shape index (κ3) is 2.10. The largest absolute Gasteiger partial charge is 0.306 e. The smallest absolute Gasteiger partial charge is 0.256 e. The number of fused-ring (bicyclic) bond motifs is 1. The van der Waals surface area contributed by atoms with Crippen LogP contribution in [0.2, 0.25) is 0 Å². The molecule has 3 rings (SSSR count). The Morgan fingerprint density at radius 1 is 1.33 bits per heavy atom. The van der Waals surface area contributed by atoms with Gasteiger partial charge in [-0.3, -0.25) is 19.7 Å². The molecule has 1 fully saturated rings. The van der Waals surface area contributed by atoms with Crippen molar-refractivity contribution in [1.82, 2.24) is 10.2 Å². The molecule has 7 heteroatoms. The van der Waals surface area contributed by atoms with Gasteiger partial charge in [-0.05, 0) is 41.1 Å². The summed E-state index contributed by atoms with van der Waals surface area (Å²) in [4.78, 5) is 37.1. The molecule has 2 aliphatic rings. The quantitative estimate of drug-likeness (QED) is 0.570. The number of imide groups is 1. The molecule has 106 valence electrons. The Hall–Kier alpha value is -1.95. The van der Waals surface area contributed by atoms with Crippen LogP contribution in [0.15, 0.2) is 18.2 Å². The van der Waals surface area contributed by atoms with Crippen LogP contribution >= 0.6 is 22.6 Å². The van der Waals surface area contributed by atoms with Crippen molar-refractivity contribution in [3.8, 4) is 6.07 Å². The summed E-state index contributed by atoms with van der Waals surface area (Å²) in [5.41, 5.74) is 1.11. The highest BCUT2D eigenvalue weighted by atomic mass is 127. The monoisotopic (exact) mass is 395 g/mol. The van der Waals surface area contributed by atoms with Gasteiger partial charge >= 0.3 is 0 Å². The van der Waals surface area contributed by atoms with Crippen LogP contribution in [-0.4, -0.2) is 28.7 Å². The Bertz CT molecular complexity index is 710. The molecule has 21 heavy (non-hydrogen) atoms. The Kier molecular flexibility index (Phi) is 3.41. The summed E-state index contributed by atoms with van der Waals surface area (Å²) in [6.45, 7) is 0. The molecular weight excluding hydrogens is 385 g/mol. The molecule has 0 radical (unpaired) electrons. The van der Waals surface area contributed by atoms with E-state index in [4.69, 9.17) is 0 Å². The van der Waals surface area contributed by atoms with E-state index in [9.17, 15) is 19.6 Å². The fourth-order valence-corrected chi connectivity index (χ4v) is 3.59. The lowest BCUT2D eigenvalue weighted by Crippen LogP contribution is -2.53. The van der Waals surface area contributed by atoms with Crippen LogP contribution in [-0.2, 0) is 9.59 Å². The number of carbonyl (C=O) groups excluding carboxylic acids is 3. The number of nitriles is 1. The summed E-state index contributed by atoms with van der Waals surface area (Å²) in [7, 11) is 0. The molecule has 1 aromatic rings. The van der Waals surface area contributed by atoms with Gasteiger partial charge in [0.25, 0.3) is 5.91 Å². The highest BCUT2D eigenvalue weighted by Gasteiger charge is 2.45. The Morgan fingerprint density at radius 2 is 2.10 bits per heavy atom. The fourth-order valence-electron chi connectivity index (χ4n) is 2.79. The molecule has 0 aromatic heterocycles. The van der Waals surface area contributed by atoms with Crippen molar-refractivity contribution in [2.75, 3.05) is 0 Å². The molecular formula is C14H10IN3O3. The van der Waals surface area contributed by atoms with Crippen molar-refractivity contribution in [3.63, 3.8) is 0 Å². The second-order valence-corrected chi connectivity index (χ2v) is 6.07. The first-order valence-electron chi connectivity index (χ1n) is 6.39. The average Bonchev–Trinajstić information content (AvgIpc) is 2.73. The van der Waals surface area contributed by atoms with Crippen LogP contribution in [0.1, 0.15) is 34.8 Å². The molecule has 2 atom stereocenters. The van der Waals surface area contributed by atoms with E-state index >= 15 is 0 Å². The summed E-state index contributed by atoms with van der Waals surface area (Å²) >= 11 is 2.08. The normalized spacial score (nSPS) is 24.6. The first-order valence-corrected chi connectivity index (χ1v) is 7.47. The number of halogens is 1. The number of hydrogen-bond acceptors (Lipinski definition) is 4. The number of piperidine rings is 1. The number of hydrogen-bond donors (Lipinski definition) is 1. The van der Waals surface area contributed by atoms with E-state index in [1.54, 1.807) is 12.1 Å². The van der Waals surface area contributed by atoms with Gasteiger partial charge in [-0.15, -0.1) is 0 Å². The van der Waals surface area contributed by atoms with Gasteiger partial charge in [0.2, 0.25) is 11.8 Å². The van der Waals surface area contributed by atoms with Gasteiger partial charge in [0.05, 0.1) is 6.07 Å². The van der Waals surface area contributed by atoms with Crippen LogP contribution in [0.5, 0.6) is 0 Å². The standard InChI is InChI=1S/C14H10IN3O3/c15-8-3-1-2-7-12(8)10(6-16)18(14(7)21)9-4-5-11(19)17-13(9)20/h1-3,9-10H,4-5H2,(H,17,19,20). The Balaban J connectivity index is 2.04. The minimum atomic E-state index is -0.787. The average molecular weight is 395 g/mol. The van der Waals surface area contributed by atoms with E-state index in [-0.39, 0.29) is 24.7 Å². The second-order valence-electron chi connectivity index (χ2n) is 4.91. The van der Waals surface area contributed by atoms with Crippen molar-refractivity contribution in [1.29, 1.82) is 5.26 Å². The van der Waals surface area contributed by atoms with E-state index in [2.05, 4.69) is 34.0 Å². The van der Waals surface area contributed by atoms with E-state index in [1.807, 2.05) is 6.07 Å². The minimum Gasteiger partial charge on any atom is -0.306 e. The molecule has 1 N–H and O–H groups in total. The number of rotatable bonds is 1. The zero-order valence-electron chi connectivity index (χ0n) is 10.8. The minimum absolute atomic E-state index is 0.172. The van der Waals surface area contributed by atoms with Crippen molar-refractivity contribution in [2.24, 2.45) is 0 Å². The van der Waals surface area contributed by atoms with Gasteiger partial charge in [0, 0.05) is 21.1 Å². The fraction of sp³-hybridized carbons (Fsp3) is 0.286. The highest BCUT2D eigenvalue weighted by molar-refractivity contribution is 14.1. The Labute approximate surface area is 134 Å². The number of benzene rings is 1. The van der Waals surface area contributed by atoms with Crippen LogP contribution in [0, 0.1) is 14.9 Å². The Morgan fingerprint density at radius 3 is 2.76 bits per heavy atom. The predicted octanol–water partition coefficient (Wildman–Crippen LogP) is 1.12. The molecule has 2 unspecified atom stereocenters. The van der Waals surface area contributed by atoms with Crippen LogP contribution in [0.25, 0.3) is 0 Å². The van der Waals surface area contributed by atoms with Gasteiger partial charge in [0.15, 0.2) is 0 Å². The number of nitrogens with zero attached hydrogens (tertiary/aromatic N) is 2. The molecule has 1 saturated heterocycles. The lowest BCUT2D eigenvalue weighted by molar-refractivity contribution is -0.137. The zero-order chi connectivity index (χ0) is 15.1. The summed E-state index contributed by atoms with van der Waals surface area (Å²) < 4.78 is 0.819. The molecule has 2 heterocycles. The van der Waals surface area contributed by atoms with Crippen molar-refractivity contribution < 1.29 is 14.4 Å². The van der Waals surface area contributed by atoms with Crippen molar-refractivity contribution in [2.45, 2.75) is 24.9 Å². The highest BCUT2D eigenvalue weighted by Crippen LogP contribution is 2.38. The summed E-state index contributed by atoms with van der Waals surface area (Å²) in [5, 5.41) is 11.7. The predicted molar refractivity (Wildman–Crippen MR) is 79.9 cm³/mol. The SMILES string of the molecule is N#CC1c2c(I)cccc2C(=O)N1C1CCC(=O)NC1=O. The summed E-state index contributed by atoms with van der Waals surface area (Å²) in [6, 6.07) is 5.78. The molecule has 3 amide bonds.